The molecule has 4 aromatic rings. The van der Waals surface area contributed by atoms with E-state index in [-0.39, 0.29) is 74.0 Å². The number of amides is 1. The molecule has 1 unspecified atom stereocenters. The second-order valence-corrected chi connectivity index (χ2v) is 12.3. The quantitative estimate of drug-likeness (QED) is 0.252. The van der Waals surface area contributed by atoms with E-state index in [1.54, 1.807) is 11.0 Å². The molecule has 2 aromatic heterocycles. The molecule has 2 saturated heterocycles. The SMILES string of the molecule is C=CC(=O)N1CC(N(CCC#N)c2nc(OCC3CCCN3C)nc3c(F)c(-c4ccc(F)c5sc(N)nc45)c(Cl)cc23)C1. The largest absolute Gasteiger partial charge is 0.462 e. The second-order valence-electron chi connectivity index (χ2n) is 10.9. The first kappa shape index (κ1) is 29.9. The van der Waals surface area contributed by atoms with E-state index in [0.717, 1.165) is 30.7 Å². The molecule has 0 bridgehead atoms. The molecule has 1 amide bonds. The van der Waals surface area contributed by atoms with E-state index in [2.05, 4.69) is 27.5 Å². The van der Waals surface area contributed by atoms with Gasteiger partial charge in [-0.2, -0.15) is 15.2 Å². The number of hydrogen-bond acceptors (Lipinski definition) is 10. The average Bonchev–Trinajstić information content (AvgIpc) is 3.59. The van der Waals surface area contributed by atoms with Crippen LogP contribution in [0.2, 0.25) is 5.02 Å². The number of nitriles is 1. The lowest BCUT2D eigenvalue weighted by Crippen LogP contribution is -2.61. The minimum absolute atomic E-state index is 0.00410. The first-order valence-electron chi connectivity index (χ1n) is 14.1. The maximum absolute atomic E-state index is 16.7. The van der Waals surface area contributed by atoms with E-state index in [1.165, 1.54) is 18.2 Å². The van der Waals surface area contributed by atoms with Crippen molar-refractivity contribution >= 4 is 60.9 Å². The highest BCUT2D eigenvalue weighted by atomic mass is 35.5. The number of nitrogen functional groups attached to an aromatic ring is 1. The summed E-state index contributed by atoms with van der Waals surface area (Å²) in [6, 6.07) is 6.30. The van der Waals surface area contributed by atoms with Gasteiger partial charge in [-0.1, -0.05) is 29.5 Å². The molecule has 0 radical (unpaired) electrons. The molecule has 0 saturated carbocycles. The highest BCUT2D eigenvalue weighted by molar-refractivity contribution is 7.22. The summed E-state index contributed by atoms with van der Waals surface area (Å²) < 4.78 is 37.6. The minimum Gasteiger partial charge on any atom is -0.462 e. The van der Waals surface area contributed by atoms with Crippen LogP contribution in [0.15, 0.2) is 30.9 Å². The van der Waals surface area contributed by atoms with Gasteiger partial charge in [0.1, 0.15) is 23.8 Å². The highest BCUT2D eigenvalue weighted by Crippen LogP contribution is 2.43. The van der Waals surface area contributed by atoms with Gasteiger partial charge in [0.05, 0.1) is 33.8 Å². The van der Waals surface area contributed by atoms with Crippen LogP contribution in [0.4, 0.5) is 19.7 Å². The molecule has 6 rings (SSSR count). The fraction of sp³-hybridized carbons (Fsp3) is 0.367. The Hall–Kier alpha value is -4.12. The Bertz CT molecular complexity index is 1820. The lowest BCUT2D eigenvalue weighted by atomic mass is 10.0. The van der Waals surface area contributed by atoms with Crippen molar-refractivity contribution in [2.75, 3.05) is 50.5 Å². The number of nitrogens with two attached hydrogens (primary N) is 1. The third-order valence-corrected chi connectivity index (χ3v) is 9.42. The molecule has 0 aliphatic carbocycles. The smallest absolute Gasteiger partial charge is 0.319 e. The number of carbonyl (C=O) groups is 1. The van der Waals surface area contributed by atoms with Crippen LogP contribution in [0, 0.1) is 23.0 Å². The normalized spacial score (nSPS) is 17.2. The second kappa shape index (κ2) is 12.1. The third-order valence-electron chi connectivity index (χ3n) is 8.23. The zero-order valence-electron chi connectivity index (χ0n) is 23.9. The van der Waals surface area contributed by atoms with Gasteiger partial charge in [-0.05, 0) is 50.7 Å². The number of fused-ring (bicyclic) bond motifs is 2. The average molecular weight is 639 g/mol. The summed E-state index contributed by atoms with van der Waals surface area (Å²) in [5.74, 6) is -1.14. The van der Waals surface area contributed by atoms with Crippen molar-refractivity contribution in [3.05, 3.63) is 47.5 Å². The highest BCUT2D eigenvalue weighted by Gasteiger charge is 2.36. The number of aromatic nitrogens is 3. The Labute approximate surface area is 261 Å². The monoisotopic (exact) mass is 638 g/mol. The van der Waals surface area contributed by atoms with Gasteiger partial charge in [-0.25, -0.2) is 13.8 Å². The summed E-state index contributed by atoms with van der Waals surface area (Å²) in [6.45, 7) is 5.83. The molecule has 14 heteroatoms. The van der Waals surface area contributed by atoms with Crippen LogP contribution in [0.5, 0.6) is 6.01 Å². The molecule has 44 heavy (non-hydrogen) atoms. The molecule has 2 aliphatic rings. The molecular weight excluding hydrogens is 610 g/mol. The summed E-state index contributed by atoms with van der Waals surface area (Å²) in [5, 5.41) is 9.92. The number of thiazole rings is 1. The molecular formula is C30H29ClF2N8O2S. The number of rotatable bonds is 9. The van der Waals surface area contributed by atoms with Gasteiger partial charge >= 0.3 is 6.01 Å². The van der Waals surface area contributed by atoms with Gasteiger partial charge in [-0.3, -0.25) is 4.79 Å². The molecule has 2 N–H and O–H groups in total. The van der Waals surface area contributed by atoms with Crippen LogP contribution in [-0.4, -0.2) is 82.6 Å². The van der Waals surface area contributed by atoms with Crippen LogP contribution in [0.25, 0.3) is 32.2 Å². The lowest BCUT2D eigenvalue weighted by Gasteiger charge is -2.45. The van der Waals surface area contributed by atoms with Crippen molar-refractivity contribution in [3.63, 3.8) is 0 Å². The number of likely N-dealkylation sites (tertiary alicyclic amines) is 2. The van der Waals surface area contributed by atoms with Crippen molar-refractivity contribution in [2.45, 2.75) is 31.3 Å². The van der Waals surface area contributed by atoms with Crippen molar-refractivity contribution in [1.82, 2.24) is 24.8 Å². The Morgan fingerprint density at radius 3 is 2.82 bits per heavy atom. The van der Waals surface area contributed by atoms with Crippen LogP contribution >= 0.6 is 22.9 Å². The van der Waals surface area contributed by atoms with Crippen molar-refractivity contribution < 1.29 is 18.3 Å². The van der Waals surface area contributed by atoms with Gasteiger partial charge in [0.15, 0.2) is 10.9 Å². The summed E-state index contributed by atoms with van der Waals surface area (Å²) in [4.78, 5) is 31.3. The fourth-order valence-corrected chi connectivity index (χ4v) is 6.90. The Morgan fingerprint density at radius 1 is 1.32 bits per heavy atom. The van der Waals surface area contributed by atoms with Gasteiger partial charge in [0.25, 0.3) is 0 Å². The first-order valence-corrected chi connectivity index (χ1v) is 15.3. The number of likely N-dealkylation sites (N-methyl/N-ethyl adjacent to an activating group) is 1. The van der Waals surface area contributed by atoms with Crippen molar-refractivity contribution in [1.29, 1.82) is 5.26 Å². The zero-order chi connectivity index (χ0) is 31.1. The summed E-state index contributed by atoms with van der Waals surface area (Å²) in [7, 11) is 2.02. The summed E-state index contributed by atoms with van der Waals surface area (Å²) >= 11 is 7.73. The molecule has 1 atom stereocenters. The Kier molecular flexibility index (Phi) is 8.24. The van der Waals surface area contributed by atoms with E-state index < -0.39 is 11.6 Å². The van der Waals surface area contributed by atoms with Gasteiger partial charge in [-0.15, -0.1) is 0 Å². The maximum Gasteiger partial charge on any atom is 0.319 e. The van der Waals surface area contributed by atoms with E-state index in [0.29, 0.717) is 30.9 Å². The molecule has 2 aromatic carbocycles. The number of carbonyl (C=O) groups excluding carboxylic acids is 1. The number of nitrogens with zero attached hydrogens (tertiary/aromatic N) is 7. The van der Waals surface area contributed by atoms with Crippen LogP contribution in [0.3, 0.4) is 0 Å². The topological polar surface area (TPSA) is 124 Å². The standard InChI is InChI=1S/C30H29ClF2N8O2S/c1-3-22(42)40-13-17(14-40)41(11-5-9-34)28-19-12-20(31)23(18-7-8-21(32)27-26(18)36-29(35)44-27)24(33)25(19)37-30(38-28)43-15-16-6-4-10-39(16)2/h3,7-8,12,16-17H,1,4-6,10-11,13-15H2,2H3,(H2,35,36). The lowest BCUT2D eigenvalue weighted by molar-refractivity contribution is -0.130. The number of ether oxygens (including phenoxy) is 1. The van der Waals surface area contributed by atoms with Crippen LogP contribution in [-0.2, 0) is 4.79 Å². The van der Waals surface area contributed by atoms with Crippen LogP contribution in [0.1, 0.15) is 19.3 Å². The molecule has 228 valence electrons. The predicted octanol–water partition coefficient (Wildman–Crippen LogP) is 5.01. The molecule has 10 nitrogen and oxygen atoms in total. The van der Waals surface area contributed by atoms with E-state index in [1.807, 2.05) is 11.9 Å². The van der Waals surface area contributed by atoms with E-state index in [9.17, 15) is 14.4 Å². The third kappa shape index (κ3) is 5.38. The Morgan fingerprint density at radius 2 is 2.11 bits per heavy atom. The first-order chi connectivity index (χ1) is 21.2. The molecule has 2 aliphatic heterocycles. The number of hydrogen-bond donors (Lipinski definition) is 1. The summed E-state index contributed by atoms with van der Waals surface area (Å²) in [6.07, 6.45) is 3.40. The minimum atomic E-state index is -0.754. The predicted molar refractivity (Wildman–Crippen MR) is 167 cm³/mol. The molecule has 2 fully saturated rings. The molecule has 0 spiro atoms. The van der Waals surface area contributed by atoms with Crippen molar-refractivity contribution in [3.8, 4) is 23.2 Å². The van der Waals surface area contributed by atoms with Crippen LogP contribution < -0.4 is 15.4 Å². The number of anilines is 2. The van der Waals surface area contributed by atoms with Crippen molar-refractivity contribution in [2.24, 2.45) is 0 Å². The Balaban J connectivity index is 1.50. The van der Waals surface area contributed by atoms with E-state index in [4.69, 9.17) is 27.1 Å². The number of benzene rings is 2. The number of halogens is 3. The van der Waals surface area contributed by atoms with Gasteiger partial charge < -0.3 is 25.2 Å². The fourth-order valence-electron chi connectivity index (χ4n) is 5.84. The van der Waals surface area contributed by atoms with Gasteiger partial charge in [0, 0.05) is 42.2 Å². The summed E-state index contributed by atoms with van der Waals surface area (Å²) in [5.41, 5.74) is 6.29. The van der Waals surface area contributed by atoms with Gasteiger partial charge in [0.2, 0.25) is 5.91 Å². The van der Waals surface area contributed by atoms with E-state index >= 15 is 4.39 Å². The maximum atomic E-state index is 16.7. The molecule has 4 heterocycles. The zero-order valence-corrected chi connectivity index (χ0v) is 25.5.